The van der Waals surface area contributed by atoms with Gasteiger partial charge in [-0.1, -0.05) is 45.4 Å². The molecule has 0 aromatic carbocycles. The smallest absolute Gasteiger partial charge is 0.00773 e. The number of unbranched alkanes of at least 4 members (excludes halogenated alkanes) is 6. The van der Waals surface area contributed by atoms with Gasteiger partial charge in [-0.3, -0.25) is 0 Å². The van der Waals surface area contributed by atoms with Crippen molar-refractivity contribution in [2.75, 3.05) is 6.54 Å². The minimum absolute atomic E-state index is 0. The quantitative estimate of drug-likeness (QED) is 0.521. The topological polar surface area (TPSA) is 96.0 Å². The second kappa shape index (κ2) is 17.1. The van der Waals surface area contributed by atoms with Crippen molar-refractivity contribution >= 4 is 0 Å². The molecule has 0 saturated carbocycles. The van der Waals surface area contributed by atoms with Gasteiger partial charge < -0.3 is 18.0 Å². The molecule has 0 heterocycles. The Labute approximate surface area is 77.3 Å². The maximum Gasteiger partial charge on any atom is -0.00773 e. The number of rotatable bonds is 7. The SMILES string of the molecule is CCCCCCCCCN.N.N. The molecule has 0 aliphatic rings. The van der Waals surface area contributed by atoms with Gasteiger partial charge in [0.2, 0.25) is 0 Å². The lowest BCUT2D eigenvalue weighted by molar-refractivity contribution is 0.593. The number of hydrogen-bond donors (Lipinski definition) is 3. The molecule has 3 nitrogen and oxygen atoms in total. The lowest BCUT2D eigenvalue weighted by Gasteiger charge is -1.97. The van der Waals surface area contributed by atoms with Gasteiger partial charge in [0, 0.05) is 0 Å². The van der Waals surface area contributed by atoms with Gasteiger partial charge in [-0.2, -0.15) is 0 Å². The van der Waals surface area contributed by atoms with Crippen LogP contribution in [0.4, 0.5) is 0 Å². The minimum Gasteiger partial charge on any atom is -0.344 e. The van der Waals surface area contributed by atoms with Crippen molar-refractivity contribution in [3.05, 3.63) is 0 Å². The van der Waals surface area contributed by atoms with Crippen molar-refractivity contribution in [2.24, 2.45) is 5.73 Å². The molecule has 0 bridgehead atoms. The average molecular weight is 177 g/mol. The van der Waals surface area contributed by atoms with E-state index in [-0.39, 0.29) is 12.3 Å². The Morgan fingerprint density at radius 1 is 0.750 bits per heavy atom. The first-order valence-electron chi connectivity index (χ1n) is 4.62. The van der Waals surface area contributed by atoms with Crippen molar-refractivity contribution in [3.8, 4) is 0 Å². The molecule has 0 aromatic rings. The fourth-order valence-electron chi connectivity index (χ4n) is 1.10. The van der Waals surface area contributed by atoms with E-state index in [1.807, 2.05) is 0 Å². The molecule has 12 heavy (non-hydrogen) atoms. The maximum absolute atomic E-state index is 5.37. The minimum atomic E-state index is 0. The van der Waals surface area contributed by atoms with E-state index < -0.39 is 0 Å². The lowest BCUT2D eigenvalue weighted by Crippen LogP contribution is -1.97. The Kier molecular flexibility index (Phi) is 25.4. The largest absolute Gasteiger partial charge is 0.344 e. The summed E-state index contributed by atoms with van der Waals surface area (Å²) in [5, 5.41) is 0. The van der Waals surface area contributed by atoms with Crippen LogP contribution in [0.1, 0.15) is 51.9 Å². The number of nitrogens with two attached hydrogens (primary N) is 1. The first-order chi connectivity index (χ1) is 4.91. The lowest BCUT2D eigenvalue weighted by atomic mass is 10.1. The zero-order valence-electron chi connectivity index (χ0n) is 8.65. The summed E-state index contributed by atoms with van der Waals surface area (Å²) in [6.07, 6.45) is 9.51. The molecule has 3 heteroatoms. The monoisotopic (exact) mass is 177 g/mol. The van der Waals surface area contributed by atoms with E-state index in [1.165, 1.54) is 44.9 Å². The summed E-state index contributed by atoms with van der Waals surface area (Å²) >= 11 is 0. The van der Waals surface area contributed by atoms with Crippen LogP contribution in [0.2, 0.25) is 0 Å². The number of hydrogen-bond acceptors (Lipinski definition) is 3. The van der Waals surface area contributed by atoms with Crippen molar-refractivity contribution in [1.82, 2.24) is 12.3 Å². The summed E-state index contributed by atoms with van der Waals surface area (Å²) in [4.78, 5) is 0. The first-order valence-corrected chi connectivity index (χ1v) is 4.62. The van der Waals surface area contributed by atoms with Crippen LogP contribution >= 0.6 is 0 Å². The molecule has 0 amide bonds. The summed E-state index contributed by atoms with van der Waals surface area (Å²) in [7, 11) is 0. The van der Waals surface area contributed by atoms with Crippen molar-refractivity contribution in [1.29, 1.82) is 0 Å². The predicted octanol–water partition coefficient (Wildman–Crippen LogP) is 3.02. The highest BCUT2D eigenvalue weighted by atomic mass is 14.5. The molecule has 0 unspecified atom stereocenters. The van der Waals surface area contributed by atoms with Gasteiger partial charge in [0.05, 0.1) is 0 Å². The summed E-state index contributed by atoms with van der Waals surface area (Å²) in [6, 6.07) is 0. The second-order valence-corrected chi connectivity index (χ2v) is 2.91. The second-order valence-electron chi connectivity index (χ2n) is 2.91. The van der Waals surface area contributed by atoms with Crippen LogP contribution in [-0.2, 0) is 0 Å². The van der Waals surface area contributed by atoms with Gasteiger partial charge in [-0.25, -0.2) is 0 Å². The van der Waals surface area contributed by atoms with E-state index in [4.69, 9.17) is 5.73 Å². The van der Waals surface area contributed by atoms with Crippen LogP contribution in [0.25, 0.3) is 0 Å². The molecule has 0 fully saturated rings. The maximum atomic E-state index is 5.37. The highest BCUT2D eigenvalue weighted by Gasteiger charge is 1.87. The molecular weight excluding hydrogens is 150 g/mol. The van der Waals surface area contributed by atoms with E-state index >= 15 is 0 Å². The molecule has 0 saturated heterocycles. The first kappa shape index (κ1) is 17.8. The summed E-state index contributed by atoms with van der Waals surface area (Å²) in [6.45, 7) is 3.12. The standard InChI is InChI=1S/C9H21N.2H3N/c1-2-3-4-5-6-7-8-9-10;;/h2-10H2,1H3;2*1H3. The van der Waals surface area contributed by atoms with Gasteiger partial charge in [-0.05, 0) is 13.0 Å². The summed E-state index contributed by atoms with van der Waals surface area (Å²) < 4.78 is 0. The highest BCUT2D eigenvalue weighted by molar-refractivity contribution is 4.44. The predicted molar refractivity (Wildman–Crippen MR) is 57.1 cm³/mol. The summed E-state index contributed by atoms with van der Waals surface area (Å²) in [5.41, 5.74) is 5.37. The van der Waals surface area contributed by atoms with Crippen LogP contribution in [0, 0.1) is 0 Å². The van der Waals surface area contributed by atoms with Gasteiger partial charge in [0.25, 0.3) is 0 Å². The normalized spacial score (nSPS) is 8.50. The van der Waals surface area contributed by atoms with E-state index in [2.05, 4.69) is 6.92 Å². The van der Waals surface area contributed by atoms with E-state index in [9.17, 15) is 0 Å². The molecule has 8 N–H and O–H groups in total. The van der Waals surface area contributed by atoms with Gasteiger partial charge in [0.15, 0.2) is 0 Å². The van der Waals surface area contributed by atoms with E-state index in [1.54, 1.807) is 0 Å². The van der Waals surface area contributed by atoms with Crippen molar-refractivity contribution < 1.29 is 0 Å². The molecule has 0 radical (unpaired) electrons. The molecule has 0 rings (SSSR count). The fourth-order valence-corrected chi connectivity index (χ4v) is 1.10. The Balaban J connectivity index is -0.000000405. The van der Waals surface area contributed by atoms with Gasteiger partial charge >= 0.3 is 0 Å². The molecule has 0 aliphatic heterocycles. The Morgan fingerprint density at radius 3 is 1.58 bits per heavy atom. The van der Waals surface area contributed by atoms with E-state index in [0.717, 1.165) is 6.54 Å². The molecular formula is C9H27N3. The van der Waals surface area contributed by atoms with Crippen molar-refractivity contribution in [2.45, 2.75) is 51.9 Å². The molecule has 0 aliphatic carbocycles. The van der Waals surface area contributed by atoms with Crippen LogP contribution < -0.4 is 18.0 Å². The van der Waals surface area contributed by atoms with Gasteiger partial charge in [0.1, 0.15) is 0 Å². The molecule has 0 atom stereocenters. The Hall–Kier alpha value is -0.120. The zero-order valence-corrected chi connectivity index (χ0v) is 8.65. The molecule has 0 spiro atoms. The third kappa shape index (κ3) is 16.5. The molecule has 0 aromatic heterocycles. The van der Waals surface area contributed by atoms with Crippen LogP contribution in [0.5, 0.6) is 0 Å². The van der Waals surface area contributed by atoms with Crippen LogP contribution in [-0.4, -0.2) is 6.54 Å². The fraction of sp³-hybridized carbons (Fsp3) is 1.00. The van der Waals surface area contributed by atoms with Gasteiger partial charge in [-0.15, -0.1) is 0 Å². The third-order valence-corrected chi connectivity index (χ3v) is 1.81. The summed E-state index contributed by atoms with van der Waals surface area (Å²) in [5.74, 6) is 0. The average Bonchev–Trinajstić information content (AvgIpc) is 1.97. The van der Waals surface area contributed by atoms with Crippen molar-refractivity contribution in [3.63, 3.8) is 0 Å². The zero-order chi connectivity index (χ0) is 7.66. The Morgan fingerprint density at radius 2 is 1.17 bits per heavy atom. The van der Waals surface area contributed by atoms with Crippen LogP contribution in [0.15, 0.2) is 0 Å². The molecule has 78 valence electrons. The third-order valence-electron chi connectivity index (χ3n) is 1.81. The van der Waals surface area contributed by atoms with Crippen LogP contribution in [0.3, 0.4) is 0 Å². The Bertz CT molecular complexity index is 49.7. The highest BCUT2D eigenvalue weighted by Crippen LogP contribution is 2.05. The van der Waals surface area contributed by atoms with E-state index in [0.29, 0.717) is 0 Å².